The number of fused-ring (bicyclic) bond motifs is 1. The fourth-order valence-electron chi connectivity index (χ4n) is 3.08. The predicted molar refractivity (Wildman–Crippen MR) is 102 cm³/mol. The lowest BCUT2D eigenvalue weighted by Crippen LogP contribution is -2.41. The molecule has 1 atom stereocenters. The standard InChI is InChI=1S/C19H20N2O2.C2HF3O2/c20-17-12-21(11-13-5-1-2-6-15(13)17)19(22)16-7-3-4-8-18(16)23-14-9-10-14;3-2(4,5)1(6)7/h1-8,14,17H,9-12,20H2;(H,6,7). The minimum Gasteiger partial charge on any atom is -0.490 e. The van der Waals surface area contributed by atoms with E-state index in [-0.39, 0.29) is 18.1 Å². The zero-order chi connectivity index (χ0) is 21.9. The van der Waals surface area contributed by atoms with Gasteiger partial charge in [-0.25, -0.2) is 4.79 Å². The minimum atomic E-state index is -5.08. The van der Waals surface area contributed by atoms with E-state index in [0.717, 1.165) is 24.0 Å². The van der Waals surface area contributed by atoms with Gasteiger partial charge >= 0.3 is 12.1 Å². The van der Waals surface area contributed by atoms with E-state index in [1.807, 2.05) is 53.4 Å². The number of benzene rings is 2. The summed E-state index contributed by atoms with van der Waals surface area (Å²) in [6.07, 6.45) is -2.66. The molecule has 0 bridgehead atoms. The van der Waals surface area contributed by atoms with Crippen molar-refractivity contribution in [3.05, 3.63) is 65.2 Å². The number of ether oxygens (including phenoxy) is 1. The minimum absolute atomic E-state index is 0.00815. The van der Waals surface area contributed by atoms with Gasteiger partial charge in [0.05, 0.1) is 11.7 Å². The Labute approximate surface area is 171 Å². The summed E-state index contributed by atoms with van der Waals surface area (Å²) in [7, 11) is 0. The van der Waals surface area contributed by atoms with Gasteiger partial charge in [0.25, 0.3) is 5.91 Å². The Morgan fingerprint density at radius 1 is 1.07 bits per heavy atom. The molecule has 1 aliphatic carbocycles. The SMILES string of the molecule is NC1CN(C(=O)c2ccccc2OC2CC2)Cc2ccccc21.O=C(O)C(F)(F)F. The van der Waals surface area contributed by atoms with Crippen LogP contribution in [0.4, 0.5) is 13.2 Å². The van der Waals surface area contributed by atoms with E-state index in [1.54, 1.807) is 0 Å². The summed E-state index contributed by atoms with van der Waals surface area (Å²) in [5, 5.41) is 7.12. The number of amides is 1. The summed E-state index contributed by atoms with van der Waals surface area (Å²) in [6.45, 7) is 1.13. The van der Waals surface area contributed by atoms with Crippen LogP contribution in [-0.2, 0) is 11.3 Å². The molecule has 1 unspecified atom stereocenters. The van der Waals surface area contributed by atoms with Crippen molar-refractivity contribution >= 4 is 11.9 Å². The Morgan fingerprint density at radius 2 is 1.67 bits per heavy atom. The molecule has 1 heterocycles. The van der Waals surface area contributed by atoms with Gasteiger partial charge in [-0.3, -0.25) is 4.79 Å². The van der Waals surface area contributed by atoms with E-state index in [1.165, 1.54) is 0 Å². The molecule has 3 N–H and O–H groups in total. The van der Waals surface area contributed by atoms with E-state index in [9.17, 15) is 18.0 Å². The first-order valence-corrected chi connectivity index (χ1v) is 9.35. The van der Waals surface area contributed by atoms with Crippen molar-refractivity contribution in [1.29, 1.82) is 0 Å². The van der Waals surface area contributed by atoms with Gasteiger partial charge in [-0.2, -0.15) is 13.2 Å². The third kappa shape index (κ3) is 5.29. The summed E-state index contributed by atoms with van der Waals surface area (Å²) in [5.41, 5.74) is 9.15. The smallest absolute Gasteiger partial charge is 0.490 e. The number of carbonyl (C=O) groups is 2. The maximum absolute atomic E-state index is 13.0. The van der Waals surface area contributed by atoms with Crippen LogP contribution in [0.3, 0.4) is 0 Å². The number of carboxylic acids is 1. The normalized spacial score (nSPS) is 18.0. The third-order valence-corrected chi connectivity index (χ3v) is 4.70. The van der Waals surface area contributed by atoms with Gasteiger partial charge in [0.1, 0.15) is 5.75 Å². The summed E-state index contributed by atoms with van der Waals surface area (Å²) in [6, 6.07) is 15.4. The van der Waals surface area contributed by atoms with Gasteiger partial charge < -0.3 is 20.5 Å². The van der Waals surface area contributed by atoms with E-state index in [2.05, 4.69) is 0 Å². The molecule has 1 amide bonds. The molecule has 0 spiro atoms. The van der Waals surface area contributed by atoms with Gasteiger partial charge in [-0.15, -0.1) is 0 Å². The van der Waals surface area contributed by atoms with E-state index >= 15 is 0 Å². The van der Waals surface area contributed by atoms with Crippen LogP contribution in [0, 0.1) is 0 Å². The van der Waals surface area contributed by atoms with E-state index < -0.39 is 12.1 Å². The highest BCUT2D eigenvalue weighted by molar-refractivity contribution is 5.97. The van der Waals surface area contributed by atoms with Gasteiger partial charge in [-0.05, 0) is 36.1 Å². The lowest BCUT2D eigenvalue weighted by molar-refractivity contribution is -0.192. The van der Waals surface area contributed by atoms with Crippen molar-refractivity contribution in [2.45, 2.75) is 37.7 Å². The zero-order valence-corrected chi connectivity index (χ0v) is 15.9. The number of rotatable bonds is 3. The molecule has 9 heteroatoms. The maximum Gasteiger partial charge on any atom is 0.490 e. The van der Waals surface area contributed by atoms with Crippen molar-refractivity contribution in [1.82, 2.24) is 4.90 Å². The van der Waals surface area contributed by atoms with Crippen LogP contribution < -0.4 is 10.5 Å². The average molecular weight is 422 g/mol. The average Bonchev–Trinajstić information content (AvgIpc) is 3.52. The molecule has 1 aliphatic heterocycles. The number of aliphatic carboxylic acids is 1. The van der Waals surface area contributed by atoms with Crippen molar-refractivity contribution in [3.8, 4) is 5.75 Å². The predicted octanol–water partition coefficient (Wildman–Crippen LogP) is 3.52. The summed E-state index contributed by atoms with van der Waals surface area (Å²) < 4.78 is 37.6. The molecule has 160 valence electrons. The first-order valence-electron chi connectivity index (χ1n) is 9.35. The fraction of sp³-hybridized carbons (Fsp3) is 0.333. The Kier molecular flexibility index (Phi) is 6.31. The molecule has 0 aromatic heterocycles. The number of para-hydroxylation sites is 1. The Hall–Kier alpha value is -3.07. The second kappa shape index (κ2) is 8.74. The highest BCUT2D eigenvalue weighted by Gasteiger charge is 2.38. The molecular formula is C21H21F3N2O4. The lowest BCUT2D eigenvalue weighted by atomic mass is 9.95. The highest BCUT2D eigenvalue weighted by atomic mass is 19.4. The van der Waals surface area contributed by atoms with E-state index in [4.69, 9.17) is 20.4 Å². The Bertz CT molecular complexity index is 928. The van der Waals surface area contributed by atoms with Crippen LogP contribution >= 0.6 is 0 Å². The number of halogens is 3. The molecule has 4 rings (SSSR count). The van der Waals surface area contributed by atoms with Crippen LogP contribution in [0.25, 0.3) is 0 Å². The number of nitrogens with two attached hydrogens (primary N) is 1. The molecule has 2 aromatic rings. The maximum atomic E-state index is 13.0. The molecular weight excluding hydrogens is 401 g/mol. The zero-order valence-electron chi connectivity index (χ0n) is 15.9. The molecule has 1 saturated carbocycles. The van der Waals surface area contributed by atoms with Gasteiger partial charge in [0.2, 0.25) is 0 Å². The van der Waals surface area contributed by atoms with Crippen molar-refractivity contribution < 1.29 is 32.6 Å². The number of hydrogen-bond acceptors (Lipinski definition) is 4. The quantitative estimate of drug-likeness (QED) is 0.790. The fourth-order valence-corrected chi connectivity index (χ4v) is 3.08. The topological polar surface area (TPSA) is 92.9 Å². The number of hydrogen-bond donors (Lipinski definition) is 2. The number of nitrogens with zero attached hydrogens (tertiary/aromatic N) is 1. The molecule has 6 nitrogen and oxygen atoms in total. The number of carboxylic acid groups (broad SMARTS) is 1. The van der Waals surface area contributed by atoms with Crippen molar-refractivity contribution in [2.75, 3.05) is 6.54 Å². The summed E-state index contributed by atoms with van der Waals surface area (Å²) in [5.74, 6) is -2.08. The van der Waals surface area contributed by atoms with Gasteiger partial charge in [-0.1, -0.05) is 36.4 Å². The summed E-state index contributed by atoms with van der Waals surface area (Å²) >= 11 is 0. The molecule has 30 heavy (non-hydrogen) atoms. The van der Waals surface area contributed by atoms with Crippen LogP contribution in [0.15, 0.2) is 48.5 Å². The van der Waals surface area contributed by atoms with Crippen LogP contribution in [0.1, 0.15) is 40.4 Å². The Balaban J connectivity index is 0.000000318. The molecule has 0 radical (unpaired) electrons. The summed E-state index contributed by atoms with van der Waals surface area (Å²) in [4.78, 5) is 23.7. The van der Waals surface area contributed by atoms with Crippen LogP contribution in [-0.4, -0.2) is 40.7 Å². The second-order valence-corrected chi connectivity index (χ2v) is 7.11. The largest absolute Gasteiger partial charge is 0.490 e. The number of alkyl halides is 3. The Morgan fingerprint density at radius 3 is 2.30 bits per heavy atom. The second-order valence-electron chi connectivity index (χ2n) is 7.11. The van der Waals surface area contributed by atoms with Crippen molar-refractivity contribution in [2.24, 2.45) is 5.73 Å². The first kappa shape index (κ1) is 21.6. The van der Waals surface area contributed by atoms with Crippen LogP contribution in [0.5, 0.6) is 5.75 Å². The van der Waals surface area contributed by atoms with Crippen molar-refractivity contribution in [3.63, 3.8) is 0 Å². The van der Waals surface area contributed by atoms with Gasteiger partial charge in [0.15, 0.2) is 0 Å². The molecule has 0 saturated heterocycles. The first-order chi connectivity index (χ1) is 14.2. The third-order valence-electron chi connectivity index (χ3n) is 4.70. The highest BCUT2D eigenvalue weighted by Crippen LogP contribution is 2.31. The van der Waals surface area contributed by atoms with Gasteiger partial charge in [0, 0.05) is 19.1 Å². The molecule has 1 fully saturated rings. The number of carbonyl (C=O) groups excluding carboxylic acids is 1. The van der Waals surface area contributed by atoms with Crippen LogP contribution in [0.2, 0.25) is 0 Å². The monoisotopic (exact) mass is 422 g/mol. The van der Waals surface area contributed by atoms with E-state index in [0.29, 0.717) is 24.4 Å². The molecule has 2 aliphatic rings. The lowest BCUT2D eigenvalue weighted by Gasteiger charge is -2.33. The molecule has 2 aromatic carbocycles.